The fourth-order valence-electron chi connectivity index (χ4n) is 2.06. The molecule has 100 valence electrons. The van der Waals surface area contributed by atoms with Gasteiger partial charge in [0.1, 0.15) is 0 Å². The number of hydrogen-bond acceptors (Lipinski definition) is 4. The summed E-state index contributed by atoms with van der Waals surface area (Å²) in [5, 5.41) is 0. The molecular weight excluding hydrogens is 218 g/mol. The molecule has 0 aromatic rings. The third kappa shape index (κ3) is 4.52. The molecule has 1 fully saturated rings. The zero-order valence-corrected chi connectivity index (χ0v) is 11.0. The van der Waals surface area contributed by atoms with Crippen LogP contribution in [0.1, 0.15) is 20.3 Å². The van der Waals surface area contributed by atoms with Gasteiger partial charge in [-0.15, -0.1) is 0 Å². The highest BCUT2D eigenvalue weighted by molar-refractivity contribution is 5.67. The molecular formula is C12H25N3O2. The second-order valence-corrected chi connectivity index (χ2v) is 4.50. The number of hydrogen-bond donors (Lipinski definition) is 1. The van der Waals surface area contributed by atoms with Crippen LogP contribution < -0.4 is 5.73 Å². The number of nitrogens with zero attached hydrogens (tertiary/aromatic N) is 2. The van der Waals surface area contributed by atoms with Crippen molar-refractivity contribution < 1.29 is 9.53 Å². The van der Waals surface area contributed by atoms with Crippen molar-refractivity contribution in [2.24, 2.45) is 11.7 Å². The van der Waals surface area contributed by atoms with Crippen LogP contribution in [0, 0.1) is 5.92 Å². The first-order valence-electron chi connectivity index (χ1n) is 6.55. The van der Waals surface area contributed by atoms with E-state index in [9.17, 15) is 4.79 Å². The zero-order chi connectivity index (χ0) is 12.7. The smallest absolute Gasteiger partial charge is 0.409 e. The molecule has 1 rings (SSSR count). The number of rotatable bonds is 5. The van der Waals surface area contributed by atoms with Gasteiger partial charge in [-0.2, -0.15) is 0 Å². The maximum absolute atomic E-state index is 11.5. The van der Waals surface area contributed by atoms with Crippen LogP contribution in [-0.4, -0.2) is 61.8 Å². The third-order valence-electron chi connectivity index (χ3n) is 3.33. The molecule has 17 heavy (non-hydrogen) atoms. The molecule has 1 amide bonds. The third-order valence-corrected chi connectivity index (χ3v) is 3.33. The molecule has 5 heteroatoms. The van der Waals surface area contributed by atoms with Gasteiger partial charge < -0.3 is 15.4 Å². The van der Waals surface area contributed by atoms with Gasteiger partial charge in [0.05, 0.1) is 6.61 Å². The van der Waals surface area contributed by atoms with Gasteiger partial charge in [0.25, 0.3) is 0 Å². The summed E-state index contributed by atoms with van der Waals surface area (Å²) in [6.07, 6.45) is 0.937. The van der Waals surface area contributed by atoms with E-state index in [1.54, 1.807) is 4.90 Å². The molecule has 1 atom stereocenters. The first-order valence-corrected chi connectivity index (χ1v) is 6.55. The van der Waals surface area contributed by atoms with E-state index in [2.05, 4.69) is 11.8 Å². The second-order valence-electron chi connectivity index (χ2n) is 4.50. The topological polar surface area (TPSA) is 58.8 Å². The number of ether oxygens (including phenoxy) is 1. The van der Waals surface area contributed by atoms with Crippen molar-refractivity contribution in [2.45, 2.75) is 20.3 Å². The Morgan fingerprint density at radius 3 is 2.41 bits per heavy atom. The molecule has 0 radical (unpaired) electrons. The van der Waals surface area contributed by atoms with Crippen LogP contribution in [0.5, 0.6) is 0 Å². The van der Waals surface area contributed by atoms with Crippen molar-refractivity contribution in [3.05, 3.63) is 0 Å². The van der Waals surface area contributed by atoms with Gasteiger partial charge in [-0.05, 0) is 19.4 Å². The van der Waals surface area contributed by atoms with Crippen molar-refractivity contribution in [3.8, 4) is 0 Å². The van der Waals surface area contributed by atoms with Crippen LogP contribution in [0.25, 0.3) is 0 Å². The number of carbonyl (C=O) groups excluding carboxylic acids is 1. The van der Waals surface area contributed by atoms with Gasteiger partial charge in [0.15, 0.2) is 0 Å². The van der Waals surface area contributed by atoms with E-state index < -0.39 is 0 Å². The molecule has 1 heterocycles. The zero-order valence-electron chi connectivity index (χ0n) is 11.0. The normalized spacial score (nSPS) is 19.1. The first-order chi connectivity index (χ1) is 8.21. The van der Waals surface area contributed by atoms with Gasteiger partial charge in [0, 0.05) is 32.7 Å². The van der Waals surface area contributed by atoms with Crippen molar-refractivity contribution >= 4 is 6.09 Å². The summed E-state index contributed by atoms with van der Waals surface area (Å²) >= 11 is 0. The molecule has 0 bridgehead atoms. The van der Waals surface area contributed by atoms with Crippen molar-refractivity contribution in [2.75, 3.05) is 45.9 Å². The summed E-state index contributed by atoms with van der Waals surface area (Å²) < 4.78 is 4.99. The van der Waals surface area contributed by atoms with E-state index in [0.717, 1.165) is 45.7 Å². The van der Waals surface area contributed by atoms with Crippen LogP contribution in [0.3, 0.4) is 0 Å². The summed E-state index contributed by atoms with van der Waals surface area (Å²) in [6, 6.07) is 0. The molecule has 1 unspecified atom stereocenters. The molecule has 0 saturated carbocycles. The number of nitrogens with two attached hydrogens (primary N) is 1. The van der Waals surface area contributed by atoms with Crippen LogP contribution in [0.2, 0.25) is 0 Å². The lowest BCUT2D eigenvalue weighted by Gasteiger charge is -2.35. The maximum Gasteiger partial charge on any atom is 0.409 e. The van der Waals surface area contributed by atoms with E-state index in [-0.39, 0.29) is 6.09 Å². The standard InChI is InChI=1S/C12H25N3O2/c1-3-11(9-13)10-14-5-7-15(8-6-14)12(16)17-4-2/h11H,3-10,13H2,1-2H3. The summed E-state index contributed by atoms with van der Waals surface area (Å²) in [5.74, 6) is 0.573. The van der Waals surface area contributed by atoms with E-state index in [0.29, 0.717) is 12.5 Å². The lowest BCUT2D eigenvalue weighted by Crippen LogP contribution is -2.50. The van der Waals surface area contributed by atoms with Crippen molar-refractivity contribution in [3.63, 3.8) is 0 Å². The number of piperazine rings is 1. The fourth-order valence-corrected chi connectivity index (χ4v) is 2.06. The summed E-state index contributed by atoms with van der Waals surface area (Å²) in [4.78, 5) is 15.7. The average molecular weight is 243 g/mol. The van der Waals surface area contributed by atoms with Crippen molar-refractivity contribution in [1.82, 2.24) is 9.80 Å². The van der Waals surface area contributed by atoms with Crippen molar-refractivity contribution in [1.29, 1.82) is 0 Å². The lowest BCUT2D eigenvalue weighted by atomic mass is 10.1. The molecule has 1 saturated heterocycles. The van der Waals surface area contributed by atoms with Gasteiger partial charge in [0.2, 0.25) is 0 Å². The van der Waals surface area contributed by atoms with Crippen LogP contribution >= 0.6 is 0 Å². The quantitative estimate of drug-likeness (QED) is 0.774. The second kappa shape index (κ2) is 7.50. The summed E-state index contributed by atoms with van der Waals surface area (Å²) in [6.45, 7) is 9.63. The molecule has 0 spiro atoms. The van der Waals surface area contributed by atoms with E-state index in [4.69, 9.17) is 10.5 Å². The van der Waals surface area contributed by atoms with E-state index >= 15 is 0 Å². The molecule has 0 aromatic heterocycles. The van der Waals surface area contributed by atoms with Crippen LogP contribution in [0.15, 0.2) is 0 Å². The Labute approximate surface area is 104 Å². The Morgan fingerprint density at radius 1 is 1.29 bits per heavy atom. The molecule has 0 aromatic carbocycles. The average Bonchev–Trinajstić information content (AvgIpc) is 2.37. The Kier molecular flexibility index (Phi) is 6.29. The number of amides is 1. The lowest BCUT2D eigenvalue weighted by molar-refractivity contribution is 0.0753. The fraction of sp³-hybridized carbons (Fsp3) is 0.917. The minimum absolute atomic E-state index is 0.182. The van der Waals surface area contributed by atoms with E-state index in [1.807, 2.05) is 6.92 Å². The SMILES string of the molecule is CCOC(=O)N1CCN(CC(CC)CN)CC1. The predicted octanol–water partition coefficient (Wildman–Crippen LogP) is 0.745. The minimum Gasteiger partial charge on any atom is -0.450 e. The highest BCUT2D eigenvalue weighted by atomic mass is 16.6. The summed E-state index contributed by atoms with van der Waals surface area (Å²) in [7, 11) is 0. The van der Waals surface area contributed by atoms with E-state index in [1.165, 1.54) is 0 Å². The Hall–Kier alpha value is -0.810. The first kappa shape index (κ1) is 14.3. The largest absolute Gasteiger partial charge is 0.450 e. The molecule has 1 aliphatic heterocycles. The molecule has 2 N–H and O–H groups in total. The highest BCUT2D eigenvalue weighted by Crippen LogP contribution is 2.08. The van der Waals surface area contributed by atoms with Gasteiger partial charge in [-0.1, -0.05) is 13.3 Å². The number of carbonyl (C=O) groups is 1. The molecule has 5 nitrogen and oxygen atoms in total. The Morgan fingerprint density at radius 2 is 1.94 bits per heavy atom. The van der Waals surface area contributed by atoms with Gasteiger partial charge in [-0.3, -0.25) is 4.90 Å². The maximum atomic E-state index is 11.5. The molecule has 1 aliphatic rings. The predicted molar refractivity (Wildman–Crippen MR) is 67.9 cm³/mol. The Bertz CT molecular complexity index is 224. The summed E-state index contributed by atoms with van der Waals surface area (Å²) in [5.41, 5.74) is 5.70. The highest BCUT2D eigenvalue weighted by Gasteiger charge is 2.22. The van der Waals surface area contributed by atoms with Crippen LogP contribution in [-0.2, 0) is 4.74 Å². The van der Waals surface area contributed by atoms with Crippen LogP contribution in [0.4, 0.5) is 4.79 Å². The minimum atomic E-state index is -0.182. The monoisotopic (exact) mass is 243 g/mol. The van der Waals surface area contributed by atoms with Gasteiger partial charge >= 0.3 is 6.09 Å². The van der Waals surface area contributed by atoms with Gasteiger partial charge in [-0.25, -0.2) is 4.79 Å². The Balaban J connectivity index is 2.28. The molecule has 0 aliphatic carbocycles.